The van der Waals surface area contributed by atoms with Crippen LogP contribution in [-0.2, 0) is 6.54 Å². The summed E-state index contributed by atoms with van der Waals surface area (Å²) < 4.78 is 0. The zero-order valence-corrected chi connectivity index (χ0v) is 10.4. The van der Waals surface area contributed by atoms with E-state index in [1.54, 1.807) is 0 Å². The summed E-state index contributed by atoms with van der Waals surface area (Å²) in [5, 5.41) is 0. The number of imidazole rings is 1. The Bertz CT molecular complexity index is 485. The lowest BCUT2D eigenvalue weighted by molar-refractivity contribution is 0.266. The Labute approximate surface area is 96.5 Å². The van der Waals surface area contributed by atoms with Crippen molar-refractivity contribution in [2.45, 2.75) is 33.4 Å². The number of aryl methyl sites for hydroxylation is 1. The third-order valence-corrected chi connectivity index (χ3v) is 2.98. The number of aromatic amines is 1. The van der Waals surface area contributed by atoms with Crippen LogP contribution in [-0.4, -0.2) is 28.0 Å². The third kappa shape index (κ3) is 2.25. The van der Waals surface area contributed by atoms with Crippen molar-refractivity contribution in [3.63, 3.8) is 0 Å². The van der Waals surface area contributed by atoms with Crippen molar-refractivity contribution < 1.29 is 0 Å². The first-order valence-corrected chi connectivity index (χ1v) is 5.72. The minimum absolute atomic E-state index is 0.569. The predicted octanol–water partition coefficient (Wildman–Crippen LogP) is 2.71. The Kier molecular flexibility index (Phi) is 2.97. The van der Waals surface area contributed by atoms with Gasteiger partial charge in [0.2, 0.25) is 0 Å². The van der Waals surface area contributed by atoms with E-state index < -0.39 is 0 Å². The van der Waals surface area contributed by atoms with Gasteiger partial charge in [-0.25, -0.2) is 4.98 Å². The topological polar surface area (TPSA) is 31.9 Å². The summed E-state index contributed by atoms with van der Waals surface area (Å²) in [6, 6.07) is 7.00. The lowest BCUT2D eigenvalue weighted by Crippen LogP contribution is -2.25. The predicted molar refractivity (Wildman–Crippen MR) is 67.4 cm³/mol. The van der Waals surface area contributed by atoms with E-state index in [-0.39, 0.29) is 0 Å². The summed E-state index contributed by atoms with van der Waals surface area (Å²) in [5.41, 5.74) is 3.51. The van der Waals surface area contributed by atoms with Crippen molar-refractivity contribution in [1.82, 2.24) is 14.9 Å². The summed E-state index contributed by atoms with van der Waals surface area (Å²) in [4.78, 5) is 9.99. The first-order valence-electron chi connectivity index (χ1n) is 5.72. The minimum Gasteiger partial charge on any atom is -0.342 e. The minimum atomic E-state index is 0.569. The van der Waals surface area contributed by atoms with Gasteiger partial charge in [-0.05, 0) is 45.5 Å². The molecule has 0 aliphatic rings. The summed E-state index contributed by atoms with van der Waals surface area (Å²) in [6.07, 6.45) is 0. The molecule has 1 aromatic carbocycles. The number of hydrogen-bond acceptors (Lipinski definition) is 2. The number of rotatable bonds is 3. The van der Waals surface area contributed by atoms with Crippen molar-refractivity contribution in [1.29, 1.82) is 0 Å². The van der Waals surface area contributed by atoms with Gasteiger partial charge in [-0.2, -0.15) is 0 Å². The molecule has 0 amide bonds. The summed E-state index contributed by atoms with van der Waals surface area (Å²) in [7, 11) is 2.15. The van der Waals surface area contributed by atoms with Crippen molar-refractivity contribution in [2.75, 3.05) is 7.05 Å². The van der Waals surface area contributed by atoms with Gasteiger partial charge in [-0.3, -0.25) is 4.90 Å². The zero-order chi connectivity index (χ0) is 11.7. The molecule has 0 saturated carbocycles. The molecule has 3 nitrogen and oxygen atoms in total. The molecule has 3 heteroatoms. The van der Waals surface area contributed by atoms with Crippen LogP contribution < -0.4 is 0 Å². The second-order valence-electron chi connectivity index (χ2n) is 4.68. The molecule has 2 aromatic rings. The van der Waals surface area contributed by atoms with E-state index in [2.05, 4.69) is 54.0 Å². The fourth-order valence-corrected chi connectivity index (χ4v) is 1.75. The van der Waals surface area contributed by atoms with Gasteiger partial charge in [0.05, 0.1) is 11.0 Å². The molecule has 0 unspecified atom stereocenters. The molecule has 0 atom stereocenters. The molecule has 2 rings (SSSR count). The van der Waals surface area contributed by atoms with Gasteiger partial charge >= 0.3 is 0 Å². The SMILES string of the molecule is Cc1nc2ccc(CN(C)C(C)C)cc2[nH]1. The van der Waals surface area contributed by atoms with E-state index in [1.165, 1.54) is 5.56 Å². The van der Waals surface area contributed by atoms with E-state index in [9.17, 15) is 0 Å². The van der Waals surface area contributed by atoms with Crippen LogP contribution in [0.3, 0.4) is 0 Å². The number of hydrogen-bond donors (Lipinski definition) is 1. The second kappa shape index (κ2) is 4.26. The van der Waals surface area contributed by atoms with Crippen LogP contribution in [0.2, 0.25) is 0 Å². The fraction of sp³-hybridized carbons (Fsp3) is 0.462. The second-order valence-corrected chi connectivity index (χ2v) is 4.68. The molecule has 0 spiro atoms. The average Bonchev–Trinajstić information content (AvgIpc) is 2.57. The van der Waals surface area contributed by atoms with Gasteiger partial charge in [0, 0.05) is 12.6 Å². The van der Waals surface area contributed by atoms with Crippen molar-refractivity contribution in [3.8, 4) is 0 Å². The average molecular weight is 217 g/mol. The van der Waals surface area contributed by atoms with Crippen LogP contribution in [0, 0.1) is 6.92 Å². The van der Waals surface area contributed by atoms with E-state index in [0.717, 1.165) is 23.4 Å². The highest BCUT2D eigenvalue weighted by Crippen LogP contribution is 2.15. The van der Waals surface area contributed by atoms with Crippen LogP contribution in [0.5, 0.6) is 0 Å². The van der Waals surface area contributed by atoms with Crippen LogP contribution in [0.1, 0.15) is 25.2 Å². The smallest absolute Gasteiger partial charge is 0.104 e. The normalized spacial score (nSPS) is 11.9. The number of nitrogens with one attached hydrogen (secondary N) is 1. The van der Waals surface area contributed by atoms with Crippen LogP contribution in [0.4, 0.5) is 0 Å². The van der Waals surface area contributed by atoms with E-state index in [4.69, 9.17) is 0 Å². The fourth-order valence-electron chi connectivity index (χ4n) is 1.75. The van der Waals surface area contributed by atoms with Gasteiger partial charge in [-0.1, -0.05) is 6.07 Å². The van der Waals surface area contributed by atoms with Crippen LogP contribution in [0.25, 0.3) is 11.0 Å². The molecule has 0 aliphatic heterocycles. The number of aromatic nitrogens is 2. The molecule has 1 heterocycles. The Hall–Kier alpha value is -1.35. The number of H-pyrrole nitrogens is 1. The van der Waals surface area contributed by atoms with Gasteiger partial charge in [0.15, 0.2) is 0 Å². The molecule has 1 N–H and O–H groups in total. The molecule has 16 heavy (non-hydrogen) atoms. The van der Waals surface area contributed by atoms with Gasteiger partial charge < -0.3 is 4.98 Å². The molecular weight excluding hydrogens is 198 g/mol. The molecule has 1 aromatic heterocycles. The highest BCUT2D eigenvalue weighted by atomic mass is 15.1. The molecule has 0 fully saturated rings. The highest BCUT2D eigenvalue weighted by Gasteiger charge is 2.06. The Morgan fingerprint density at radius 1 is 1.38 bits per heavy atom. The molecule has 0 aliphatic carbocycles. The third-order valence-electron chi connectivity index (χ3n) is 2.98. The molecule has 0 saturated heterocycles. The summed E-state index contributed by atoms with van der Waals surface area (Å²) in [6.45, 7) is 7.38. The zero-order valence-electron chi connectivity index (χ0n) is 10.4. The largest absolute Gasteiger partial charge is 0.342 e. The maximum atomic E-state index is 4.40. The molecule has 86 valence electrons. The first-order chi connectivity index (χ1) is 7.56. The number of fused-ring (bicyclic) bond motifs is 1. The Morgan fingerprint density at radius 3 is 2.81 bits per heavy atom. The van der Waals surface area contributed by atoms with Gasteiger partial charge in [0.25, 0.3) is 0 Å². The number of nitrogens with zero attached hydrogens (tertiary/aromatic N) is 2. The van der Waals surface area contributed by atoms with Crippen molar-refractivity contribution in [2.24, 2.45) is 0 Å². The van der Waals surface area contributed by atoms with Crippen LogP contribution in [0.15, 0.2) is 18.2 Å². The molecule has 0 bridgehead atoms. The Morgan fingerprint density at radius 2 is 2.12 bits per heavy atom. The molecular formula is C13H19N3. The van der Waals surface area contributed by atoms with E-state index in [1.807, 2.05) is 6.92 Å². The standard InChI is InChI=1S/C13H19N3/c1-9(2)16(4)8-11-5-6-12-13(7-11)15-10(3)14-12/h5-7,9H,8H2,1-4H3,(H,14,15). The van der Waals surface area contributed by atoms with Gasteiger partial charge in [-0.15, -0.1) is 0 Å². The monoisotopic (exact) mass is 217 g/mol. The number of benzene rings is 1. The maximum Gasteiger partial charge on any atom is 0.104 e. The summed E-state index contributed by atoms with van der Waals surface area (Å²) in [5.74, 6) is 0.976. The quantitative estimate of drug-likeness (QED) is 0.857. The Balaban J connectivity index is 2.25. The van der Waals surface area contributed by atoms with Crippen molar-refractivity contribution >= 4 is 11.0 Å². The maximum absolute atomic E-state index is 4.40. The van der Waals surface area contributed by atoms with Gasteiger partial charge in [0.1, 0.15) is 5.82 Å². The van der Waals surface area contributed by atoms with E-state index in [0.29, 0.717) is 6.04 Å². The van der Waals surface area contributed by atoms with Crippen molar-refractivity contribution in [3.05, 3.63) is 29.6 Å². The molecule has 0 radical (unpaired) electrons. The first kappa shape index (κ1) is 11.1. The summed E-state index contributed by atoms with van der Waals surface area (Å²) >= 11 is 0. The lowest BCUT2D eigenvalue weighted by Gasteiger charge is -2.20. The van der Waals surface area contributed by atoms with E-state index >= 15 is 0 Å². The highest BCUT2D eigenvalue weighted by molar-refractivity contribution is 5.75. The van der Waals surface area contributed by atoms with Crippen LogP contribution >= 0.6 is 0 Å². The lowest BCUT2D eigenvalue weighted by atomic mass is 10.2.